The van der Waals surface area contributed by atoms with Crippen LogP contribution in [0.5, 0.6) is 5.75 Å². The largest absolute Gasteiger partial charge is 0.507 e. The summed E-state index contributed by atoms with van der Waals surface area (Å²) < 4.78 is 5.88. The quantitative estimate of drug-likeness (QED) is 0.212. The number of Topliss-reactive ketones (excluding diaryl/α,β-unsaturated/α-hetero) is 1. The highest BCUT2D eigenvalue weighted by Crippen LogP contribution is 2.43. The number of ether oxygens (including phenoxy) is 1. The summed E-state index contributed by atoms with van der Waals surface area (Å²) >= 11 is 2.62. The second-order valence-corrected chi connectivity index (χ2v) is 8.37. The molecule has 4 rings (SSSR count). The lowest BCUT2D eigenvalue weighted by Gasteiger charge is -2.22. The summed E-state index contributed by atoms with van der Waals surface area (Å²) in [6, 6.07) is 14.9. The molecule has 3 aromatic rings. The molecule has 0 radical (unpaired) electrons. The van der Waals surface area contributed by atoms with Gasteiger partial charge in [-0.25, -0.2) is 0 Å². The van der Waals surface area contributed by atoms with E-state index >= 15 is 0 Å². The number of thioether (sulfide) groups is 1. The molecule has 2 heterocycles. The number of methoxy groups -OCH3 is 1. The molecule has 1 aliphatic rings. The van der Waals surface area contributed by atoms with Gasteiger partial charge in [-0.1, -0.05) is 65.6 Å². The van der Waals surface area contributed by atoms with Crippen molar-refractivity contribution in [3.63, 3.8) is 0 Å². The van der Waals surface area contributed by atoms with E-state index in [4.69, 9.17) is 4.74 Å². The Morgan fingerprint density at radius 3 is 2.40 bits per heavy atom. The van der Waals surface area contributed by atoms with Crippen molar-refractivity contribution in [2.75, 3.05) is 18.3 Å². The zero-order valence-electron chi connectivity index (χ0n) is 16.1. The van der Waals surface area contributed by atoms with Crippen LogP contribution >= 0.6 is 23.1 Å². The Kier molecular flexibility index (Phi) is 5.56. The molecule has 1 aliphatic heterocycles. The summed E-state index contributed by atoms with van der Waals surface area (Å²) in [5, 5.41) is 19.4. The SMILES string of the molecule is COc1ccc([C@@H]2C(=C(O)c3ccccc3)C(=O)C(=O)N2c2nnc(SC)s2)cc1. The van der Waals surface area contributed by atoms with Crippen LogP contribution in [0.1, 0.15) is 17.2 Å². The number of aliphatic hydroxyl groups excluding tert-OH is 1. The van der Waals surface area contributed by atoms with Gasteiger partial charge < -0.3 is 9.84 Å². The van der Waals surface area contributed by atoms with Crippen LogP contribution < -0.4 is 9.64 Å². The maximum absolute atomic E-state index is 13.0. The van der Waals surface area contributed by atoms with E-state index in [1.54, 1.807) is 55.6 Å². The maximum Gasteiger partial charge on any atom is 0.301 e. The fraction of sp³-hybridized carbons (Fsp3) is 0.143. The van der Waals surface area contributed by atoms with Crippen molar-refractivity contribution >= 4 is 45.7 Å². The fourth-order valence-corrected chi connectivity index (χ4v) is 4.55. The number of aromatic nitrogens is 2. The Hall–Kier alpha value is -3.17. The Balaban J connectivity index is 1.91. The number of carbonyl (C=O) groups excluding carboxylic acids is 2. The first kappa shape index (κ1) is 20.1. The third-order valence-corrected chi connectivity index (χ3v) is 6.60. The number of ketones is 1. The van der Waals surface area contributed by atoms with Crippen LogP contribution in [0.4, 0.5) is 5.13 Å². The number of hydrogen-bond acceptors (Lipinski definition) is 8. The van der Waals surface area contributed by atoms with E-state index in [0.29, 0.717) is 26.3 Å². The normalized spacial score (nSPS) is 18.1. The molecule has 1 N–H and O–H groups in total. The zero-order chi connectivity index (χ0) is 21.3. The fourth-order valence-electron chi connectivity index (χ4n) is 3.27. The summed E-state index contributed by atoms with van der Waals surface area (Å²) in [5.41, 5.74) is 1.11. The lowest BCUT2D eigenvalue weighted by atomic mass is 9.95. The van der Waals surface area contributed by atoms with Crippen molar-refractivity contribution in [3.05, 3.63) is 71.3 Å². The number of hydrogen-bond donors (Lipinski definition) is 1. The summed E-state index contributed by atoms with van der Waals surface area (Å²) in [6.07, 6.45) is 1.86. The van der Waals surface area contributed by atoms with Gasteiger partial charge in [-0.15, -0.1) is 10.2 Å². The Morgan fingerprint density at radius 2 is 1.80 bits per heavy atom. The van der Waals surface area contributed by atoms with E-state index < -0.39 is 17.7 Å². The summed E-state index contributed by atoms with van der Waals surface area (Å²) in [6.45, 7) is 0. The molecule has 0 spiro atoms. The van der Waals surface area contributed by atoms with Gasteiger partial charge in [0.05, 0.1) is 18.7 Å². The molecule has 1 atom stereocenters. The number of benzene rings is 2. The van der Waals surface area contributed by atoms with Crippen LogP contribution in [0.2, 0.25) is 0 Å². The van der Waals surface area contributed by atoms with Crippen molar-refractivity contribution in [2.24, 2.45) is 0 Å². The number of amides is 1. The van der Waals surface area contributed by atoms with Gasteiger partial charge in [0.2, 0.25) is 5.13 Å². The molecular formula is C21H17N3O4S2. The first-order chi connectivity index (χ1) is 14.5. The summed E-state index contributed by atoms with van der Waals surface area (Å²) in [7, 11) is 1.56. The van der Waals surface area contributed by atoms with E-state index in [0.717, 1.165) is 0 Å². The van der Waals surface area contributed by atoms with Crippen LogP contribution in [0.15, 0.2) is 64.5 Å². The van der Waals surface area contributed by atoms with Gasteiger partial charge >= 0.3 is 5.91 Å². The molecule has 1 amide bonds. The molecular weight excluding hydrogens is 422 g/mol. The standard InChI is InChI=1S/C21H17N3O4S2/c1-28-14-10-8-12(9-11-14)16-15(17(25)13-6-4-3-5-7-13)18(26)19(27)24(16)20-22-23-21(29-2)30-20/h3-11,16,25H,1-2H3/t16-/m1/s1. The first-order valence-electron chi connectivity index (χ1n) is 8.93. The summed E-state index contributed by atoms with van der Waals surface area (Å²) in [4.78, 5) is 27.3. The molecule has 1 saturated heterocycles. The van der Waals surface area contributed by atoms with E-state index in [-0.39, 0.29) is 11.3 Å². The van der Waals surface area contributed by atoms with Gasteiger partial charge in [-0.3, -0.25) is 14.5 Å². The zero-order valence-corrected chi connectivity index (χ0v) is 17.7. The molecule has 0 saturated carbocycles. The third kappa shape index (κ3) is 3.46. The number of anilines is 1. The van der Waals surface area contributed by atoms with Crippen LogP contribution in [0, 0.1) is 0 Å². The minimum absolute atomic E-state index is 0.0114. The van der Waals surface area contributed by atoms with Gasteiger partial charge in [0.1, 0.15) is 11.5 Å². The number of nitrogens with zero attached hydrogens (tertiary/aromatic N) is 3. The van der Waals surface area contributed by atoms with Crippen LogP contribution in [-0.2, 0) is 9.59 Å². The number of aliphatic hydroxyl groups is 1. The molecule has 0 bridgehead atoms. The minimum atomic E-state index is -0.834. The molecule has 9 heteroatoms. The Labute approximate surface area is 181 Å². The second-order valence-electron chi connectivity index (χ2n) is 6.36. The van der Waals surface area contributed by atoms with Crippen LogP contribution in [-0.4, -0.2) is 40.4 Å². The average Bonchev–Trinajstić information content (AvgIpc) is 3.36. The lowest BCUT2D eigenvalue weighted by Crippen LogP contribution is -2.29. The molecule has 1 fully saturated rings. The van der Waals surface area contributed by atoms with Crippen molar-refractivity contribution in [1.29, 1.82) is 0 Å². The first-order valence-corrected chi connectivity index (χ1v) is 11.0. The highest BCUT2D eigenvalue weighted by Gasteiger charge is 2.48. The van der Waals surface area contributed by atoms with Crippen LogP contribution in [0.25, 0.3) is 5.76 Å². The highest BCUT2D eigenvalue weighted by molar-refractivity contribution is 8.00. The van der Waals surface area contributed by atoms with E-state index in [2.05, 4.69) is 10.2 Å². The van der Waals surface area contributed by atoms with Gasteiger partial charge in [0, 0.05) is 5.56 Å². The van der Waals surface area contributed by atoms with Gasteiger partial charge in [-0.2, -0.15) is 0 Å². The van der Waals surface area contributed by atoms with E-state index in [1.807, 2.05) is 12.3 Å². The van der Waals surface area contributed by atoms with Gasteiger partial charge in [0.25, 0.3) is 5.78 Å². The Morgan fingerprint density at radius 1 is 1.10 bits per heavy atom. The maximum atomic E-state index is 13.0. The predicted molar refractivity (Wildman–Crippen MR) is 116 cm³/mol. The summed E-state index contributed by atoms with van der Waals surface area (Å²) in [5.74, 6) is -1.11. The molecule has 1 aromatic heterocycles. The molecule has 152 valence electrons. The average molecular weight is 440 g/mol. The smallest absolute Gasteiger partial charge is 0.301 e. The molecule has 2 aromatic carbocycles. The van der Waals surface area contributed by atoms with Crippen molar-refractivity contribution < 1.29 is 19.4 Å². The van der Waals surface area contributed by atoms with Crippen molar-refractivity contribution in [2.45, 2.75) is 10.4 Å². The number of rotatable bonds is 5. The minimum Gasteiger partial charge on any atom is -0.507 e. The molecule has 0 unspecified atom stereocenters. The van der Waals surface area contributed by atoms with Crippen LogP contribution in [0.3, 0.4) is 0 Å². The molecule has 30 heavy (non-hydrogen) atoms. The third-order valence-electron chi connectivity index (χ3n) is 4.70. The van der Waals surface area contributed by atoms with Crippen molar-refractivity contribution in [3.8, 4) is 5.75 Å². The topological polar surface area (TPSA) is 92.6 Å². The lowest BCUT2D eigenvalue weighted by molar-refractivity contribution is -0.132. The molecule has 7 nitrogen and oxygen atoms in total. The second kappa shape index (κ2) is 8.29. The highest BCUT2D eigenvalue weighted by atomic mass is 32.2. The van der Waals surface area contributed by atoms with E-state index in [9.17, 15) is 14.7 Å². The predicted octanol–water partition coefficient (Wildman–Crippen LogP) is 3.89. The van der Waals surface area contributed by atoms with Gasteiger partial charge in [0.15, 0.2) is 4.34 Å². The van der Waals surface area contributed by atoms with Gasteiger partial charge in [-0.05, 0) is 24.0 Å². The monoisotopic (exact) mass is 439 g/mol. The van der Waals surface area contributed by atoms with E-state index in [1.165, 1.54) is 28.0 Å². The molecule has 0 aliphatic carbocycles. The number of carbonyl (C=O) groups is 2. The van der Waals surface area contributed by atoms with Crippen molar-refractivity contribution in [1.82, 2.24) is 10.2 Å². The Bertz CT molecular complexity index is 1130.